The lowest BCUT2D eigenvalue weighted by Gasteiger charge is -2.30. The quantitative estimate of drug-likeness (QED) is 0.272. The maximum Gasteiger partial charge on any atom is 0.573 e. The number of benzene rings is 1. The van der Waals surface area contributed by atoms with Crippen LogP contribution in [0.4, 0.5) is 24.0 Å². The summed E-state index contributed by atoms with van der Waals surface area (Å²) in [6.45, 7) is 8.07. The first kappa shape index (κ1) is 33.7. The van der Waals surface area contributed by atoms with Gasteiger partial charge in [0, 0.05) is 82.3 Å². The van der Waals surface area contributed by atoms with Crippen molar-refractivity contribution in [1.29, 1.82) is 0 Å². The molecule has 1 unspecified atom stereocenters. The van der Waals surface area contributed by atoms with Gasteiger partial charge in [-0.15, -0.1) is 24.5 Å². The topological polar surface area (TPSA) is 103 Å². The van der Waals surface area contributed by atoms with Crippen molar-refractivity contribution in [2.24, 2.45) is 0 Å². The zero-order chi connectivity index (χ0) is 32.5. The monoisotopic (exact) mass is 663 g/mol. The fourth-order valence-electron chi connectivity index (χ4n) is 5.94. The summed E-state index contributed by atoms with van der Waals surface area (Å²) in [6, 6.07) is 6.14. The van der Waals surface area contributed by atoms with Crippen LogP contribution in [0.15, 0.2) is 35.8 Å². The molecule has 2 aliphatic rings. The number of hydrogen-bond acceptors (Lipinski definition) is 10. The molecule has 1 N–H and O–H groups in total. The fourth-order valence-corrected chi connectivity index (χ4v) is 6.86. The summed E-state index contributed by atoms with van der Waals surface area (Å²) in [5.74, 6) is -0.446. The van der Waals surface area contributed by atoms with Crippen molar-refractivity contribution in [3.05, 3.63) is 41.5 Å². The van der Waals surface area contributed by atoms with E-state index in [1.807, 2.05) is 23.3 Å². The van der Waals surface area contributed by atoms with Gasteiger partial charge >= 0.3 is 6.36 Å². The van der Waals surface area contributed by atoms with E-state index in [-0.39, 0.29) is 24.1 Å². The second-order valence-corrected chi connectivity index (χ2v) is 12.1. The van der Waals surface area contributed by atoms with Crippen molar-refractivity contribution in [3.8, 4) is 5.75 Å². The van der Waals surface area contributed by atoms with Crippen molar-refractivity contribution in [1.82, 2.24) is 25.1 Å². The molecule has 2 aromatic heterocycles. The molecule has 1 aromatic carbocycles. The normalized spacial score (nSPS) is 17.0. The van der Waals surface area contributed by atoms with Gasteiger partial charge < -0.3 is 29.5 Å². The third kappa shape index (κ3) is 8.76. The molecule has 15 heteroatoms. The molecule has 46 heavy (non-hydrogen) atoms. The Balaban J connectivity index is 1.36. The van der Waals surface area contributed by atoms with E-state index in [0.29, 0.717) is 82.0 Å². The van der Waals surface area contributed by atoms with Crippen molar-refractivity contribution >= 4 is 45.4 Å². The summed E-state index contributed by atoms with van der Waals surface area (Å²) in [6.07, 6.45) is -0.879. The van der Waals surface area contributed by atoms with E-state index >= 15 is 0 Å². The second-order valence-electron chi connectivity index (χ2n) is 11.3. The Bertz CT molecular complexity index is 1450. The second kappa shape index (κ2) is 15.7. The Morgan fingerprint density at radius 1 is 1.13 bits per heavy atom. The van der Waals surface area contributed by atoms with Gasteiger partial charge in [0.25, 0.3) is 0 Å². The number of nitrogens with zero attached hydrogens (tertiary/aromatic N) is 6. The number of rotatable bonds is 13. The van der Waals surface area contributed by atoms with E-state index in [9.17, 15) is 22.8 Å². The van der Waals surface area contributed by atoms with Crippen molar-refractivity contribution in [2.75, 3.05) is 81.9 Å². The Hall–Kier alpha value is -3.69. The van der Waals surface area contributed by atoms with Crippen molar-refractivity contribution < 1.29 is 32.2 Å². The highest BCUT2D eigenvalue weighted by Crippen LogP contribution is 2.39. The lowest BCUT2D eigenvalue weighted by atomic mass is 10.1. The van der Waals surface area contributed by atoms with Crippen LogP contribution in [0.3, 0.4) is 0 Å². The molecule has 0 bridgehead atoms. The molecule has 0 spiro atoms. The molecule has 0 radical (unpaired) electrons. The first-order valence-corrected chi connectivity index (χ1v) is 16.5. The molecule has 5 rings (SSSR count). The highest BCUT2D eigenvalue weighted by Gasteiger charge is 2.35. The molecule has 4 heterocycles. The van der Waals surface area contributed by atoms with Crippen LogP contribution in [-0.4, -0.2) is 111 Å². The molecule has 3 aromatic rings. The number of hydrogen-bond donors (Lipinski definition) is 1. The van der Waals surface area contributed by atoms with Crippen LogP contribution in [-0.2, 0) is 14.3 Å². The number of anilines is 2. The minimum Gasteiger partial charge on any atom is -0.403 e. The van der Waals surface area contributed by atoms with Crippen LogP contribution in [0.5, 0.6) is 5.75 Å². The molecule has 0 saturated carbocycles. The standard InChI is InChI=1S/C31H40F3N7O4S/c1-2-10-38(22-42)13-9-35-27(43)20-25(24-21-46-30(37-24)41-16-18-44-19-17-41)39-11-4-12-40(15-14-39)29-26(45-31(32,33)34)7-6-23-5-3-8-36-28(23)29/h3,5-8,21-22,25H,2,4,9-20H2,1H3,(H,35,43). The number of morpholine rings is 1. The zero-order valence-corrected chi connectivity index (χ0v) is 26.7. The number of amides is 2. The summed E-state index contributed by atoms with van der Waals surface area (Å²) < 4.78 is 50.3. The van der Waals surface area contributed by atoms with Gasteiger partial charge in [-0.25, -0.2) is 4.98 Å². The smallest absolute Gasteiger partial charge is 0.403 e. The van der Waals surface area contributed by atoms with Gasteiger partial charge in [0.1, 0.15) is 5.69 Å². The zero-order valence-electron chi connectivity index (χ0n) is 25.9. The van der Waals surface area contributed by atoms with E-state index in [1.54, 1.807) is 23.2 Å². The summed E-state index contributed by atoms with van der Waals surface area (Å²) in [7, 11) is 0. The van der Waals surface area contributed by atoms with Gasteiger partial charge in [0.15, 0.2) is 10.9 Å². The molecule has 2 amide bonds. The molecule has 2 saturated heterocycles. The molecule has 250 valence electrons. The predicted molar refractivity (Wildman–Crippen MR) is 170 cm³/mol. The predicted octanol–water partition coefficient (Wildman–Crippen LogP) is 4.05. The average molecular weight is 664 g/mol. The lowest BCUT2D eigenvalue weighted by Crippen LogP contribution is -2.39. The summed E-state index contributed by atoms with van der Waals surface area (Å²) in [5.41, 5.74) is 1.53. The lowest BCUT2D eigenvalue weighted by molar-refractivity contribution is -0.274. The van der Waals surface area contributed by atoms with Gasteiger partial charge in [0.05, 0.1) is 30.5 Å². The first-order chi connectivity index (χ1) is 22.3. The maximum atomic E-state index is 13.4. The van der Waals surface area contributed by atoms with Gasteiger partial charge in [-0.05, 0) is 31.0 Å². The highest BCUT2D eigenvalue weighted by atomic mass is 32.1. The molecule has 2 fully saturated rings. The summed E-state index contributed by atoms with van der Waals surface area (Å²) in [4.78, 5) is 41.9. The van der Waals surface area contributed by atoms with Crippen LogP contribution >= 0.6 is 11.3 Å². The van der Waals surface area contributed by atoms with E-state index in [0.717, 1.165) is 36.7 Å². The van der Waals surface area contributed by atoms with Crippen LogP contribution < -0.4 is 19.9 Å². The number of nitrogens with one attached hydrogen (secondary N) is 1. The van der Waals surface area contributed by atoms with E-state index in [4.69, 9.17) is 9.72 Å². The Labute approximate surface area is 270 Å². The number of alkyl halides is 3. The molecular weight excluding hydrogens is 623 g/mol. The Morgan fingerprint density at radius 2 is 1.96 bits per heavy atom. The van der Waals surface area contributed by atoms with Gasteiger partial charge in [-0.1, -0.05) is 13.0 Å². The number of halogens is 3. The van der Waals surface area contributed by atoms with E-state index in [1.165, 1.54) is 17.4 Å². The molecule has 2 aliphatic heterocycles. The van der Waals surface area contributed by atoms with Crippen molar-refractivity contribution in [3.63, 3.8) is 0 Å². The number of ether oxygens (including phenoxy) is 2. The molecule has 11 nitrogen and oxygen atoms in total. The fraction of sp³-hybridized carbons (Fsp3) is 0.548. The van der Waals surface area contributed by atoms with E-state index < -0.39 is 6.36 Å². The van der Waals surface area contributed by atoms with Crippen LogP contribution in [0.2, 0.25) is 0 Å². The Morgan fingerprint density at radius 3 is 2.72 bits per heavy atom. The molecular formula is C31H40F3N7O4S. The van der Waals surface area contributed by atoms with Crippen LogP contribution in [0.25, 0.3) is 10.9 Å². The minimum absolute atomic E-state index is 0.152. The Kier molecular flexibility index (Phi) is 11.5. The van der Waals surface area contributed by atoms with Crippen LogP contribution in [0.1, 0.15) is 37.9 Å². The van der Waals surface area contributed by atoms with Gasteiger partial charge in [-0.2, -0.15) is 0 Å². The number of fused-ring (bicyclic) bond motifs is 1. The average Bonchev–Trinajstić information content (AvgIpc) is 3.42. The van der Waals surface area contributed by atoms with Crippen LogP contribution in [0, 0.1) is 0 Å². The van der Waals surface area contributed by atoms with Crippen molar-refractivity contribution in [2.45, 2.75) is 38.6 Å². The number of pyridine rings is 1. The number of aromatic nitrogens is 2. The highest BCUT2D eigenvalue weighted by molar-refractivity contribution is 7.13. The van der Waals surface area contributed by atoms with Gasteiger partial charge in [0.2, 0.25) is 12.3 Å². The molecule has 0 aliphatic carbocycles. The number of carbonyl (C=O) groups excluding carboxylic acids is 2. The number of thiazole rings is 1. The minimum atomic E-state index is -4.85. The van der Waals surface area contributed by atoms with E-state index in [2.05, 4.69) is 24.8 Å². The van der Waals surface area contributed by atoms with Gasteiger partial charge in [-0.3, -0.25) is 19.5 Å². The summed E-state index contributed by atoms with van der Waals surface area (Å²) in [5, 5.41) is 6.53. The third-order valence-electron chi connectivity index (χ3n) is 8.12. The SMILES string of the molecule is CCCN(C=O)CCNC(=O)CC(c1csc(N2CCOCC2)n1)N1CCCN(c2c(OC(F)(F)F)ccc3cccnc23)CC1. The number of carbonyl (C=O) groups is 2. The molecule has 1 atom stereocenters. The third-order valence-corrected chi connectivity index (χ3v) is 9.04. The maximum absolute atomic E-state index is 13.4. The largest absolute Gasteiger partial charge is 0.573 e. The first-order valence-electron chi connectivity index (χ1n) is 15.6. The summed E-state index contributed by atoms with van der Waals surface area (Å²) >= 11 is 1.53.